The van der Waals surface area contributed by atoms with Crippen LogP contribution in [0.1, 0.15) is 13.3 Å². The molecule has 1 N–H and O–H groups in total. The molecule has 2 aromatic rings. The van der Waals surface area contributed by atoms with Crippen molar-refractivity contribution in [3.63, 3.8) is 0 Å². The second kappa shape index (κ2) is 5.21. The Morgan fingerprint density at radius 3 is 3.05 bits per heavy atom. The van der Waals surface area contributed by atoms with Crippen LogP contribution in [-0.2, 0) is 11.3 Å². The van der Waals surface area contributed by atoms with Gasteiger partial charge in [-0.3, -0.25) is 14.2 Å². The second-order valence-electron chi connectivity index (χ2n) is 5.10. The van der Waals surface area contributed by atoms with Gasteiger partial charge < -0.3 is 5.11 Å². The van der Waals surface area contributed by atoms with Crippen LogP contribution < -0.4 is 5.56 Å². The summed E-state index contributed by atoms with van der Waals surface area (Å²) in [4.78, 5) is 27.7. The molecule has 1 saturated carbocycles. The second-order valence-corrected chi connectivity index (χ2v) is 6.96. The van der Waals surface area contributed by atoms with Crippen LogP contribution in [0.25, 0.3) is 10.2 Å². The lowest BCUT2D eigenvalue weighted by atomic mass is 10.3. The van der Waals surface area contributed by atoms with E-state index >= 15 is 0 Å². The number of carboxylic acid groups (broad SMARTS) is 1. The summed E-state index contributed by atoms with van der Waals surface area (Å²) in [5.74, 6) is 0.165. The van der Waals surface area contributed by atoms with Crippen LogP contribution in [0.2, 0.25) is 0 Å². The standard InChI is InChI=1S/C13H14N2O3S2/c1-7-4-8(7)5-15-12(18)11-9(2-3-19-11)14-13(15)20-6-10(16)17/h2-3,7-8H,4-6H2,1H3,(H,16,17). The van der Waals surface area contributed by atoms with Crippen LogP contribution in [0.4, 0.5) is 0 Å². The summed E-state index contributed by atoms with van der Waals surface area (Å²) in [5, 5.41) is 11.2. The molecule has 20 heavy (non-hydrogen) atoms. The third-order valence-corrected chi connectivity index (χ3v) is 5.40. The van der Waals surface area contributed by atoms with E-state index in [1.54, 1.807) is 10.6 Å². The van der Waals surface area contributed by atoms with Gasteiger partial charge in [0.05, 0.1) is 11.3 Å². The summed E-state index contributed by atoms with van der Waals surface area (Å²) < 4.78 is 2.30. The van der Waals surface area contributed by atoms with E-state index in [-0.39, 0.29) is 11.3 Å². The van der Waals surface area contributed by atoms with Crippen molar-refractivity contribution >= 4 is 39.3 Å². The number of aliphatic carboxylic acids is 1. The highest BCUT2D eigenvalue weighted by Gasteiger charge is 2.33. The summed E-state index contributed by atoms with van der Waals surface area (Å²) in [6.07, 6.45) is 1.12. The average Bonchev–Trinajstić information content (AvgIpc) is 2.89. The molecule has 2 aromatic heterocycles. The van der Waals surface area contributed by atoms with E-state index < -0.39 is 5.97 Å². The van der Waals surface area contributed by atoms with E-state index in [0.29, 0.717) is 33.8 Å². The fourth-order valence-corrected chi connectivity index (χ4v) is 3.72. The molecule has 3 rings (SSSR count). The molecule has 0 aromatic carbocycles. The Bertz CT molecular complexity index is 722. The van der Waals surface area contributed by atoms with Crippen LogP contribution in [-0.4, -0.2) is 26.4 Å². The van der Waals surface area contributed by atoms with Crippen LogP contribution >= 0.6 is 23.1 Å². The minimum atomic E-state index is -0.902. The minimum absolute atomic E-state index is 0.0445. The van der Waals surface area contributed by atoms with Gasteiger partial charge in [-0.25, -0.2) is 4.98 Å². The Hall–Kier alpha value is -1.34. The largest absolute Gasteiger partial charge is 0.481 e. The summed E-state index contributed by atoms with van der Waals surface area (Å²) in [6, 6.07) is 1.80. The molecular weight excluding hydrogens is 296 g/mol. The van der Waals surface area contributed by atoms with Gasteiger partial charge in [-0.05, 0) is 29.7 Å². The smallest absolute Gasteiger partial charge is 0.313 e. The fraction of sp³-hybridized carbons (Fsp3) is 0.462. The Balaban J connectivity index is 2.01. The van der Waals surface area contributed by atoms with Gasteiger partial charge >= 0.3 is 5.97 Å². The van der Waals surface area contributed by atoms with Crippen molar-refractivity contribution in [2.75, 3.05) is 5.75 Å². The number of carbonyl (C=O) groups is 1. The Labute approximate surface area is 123 Å². The SMILES string of the molecule is CC1CC1Cn1c(SCC(=O)O)nc2ccsc2c1=O. The monoisotopic (exact) mass is 310 g/mol. The molecule has 2 unspecified atom stereocenters. The summed E-state index contributed by atoms with van der Waals surface area (Å²) >= 11 is 2.50. The zero-order valence-corrected chi connectivity index (χ0v) is 12.5. The van der Waals surface area contributed by atoms with Gasteiger partial charge in [-0.1, -0.05) is 18.7 Å². The number of rotatable bonds is 5. The number of nitrogens with zero attached hydrogens (tertiary/aromatic N) is 2. The molecule has 0 amide bonds. The highest BCUT2D eigenvalue weighted by molar-refractivity contribution is 7.99. The molecule has 2 atom stereocenters. The molecule has 1 aliphatic rings. The number of carboxylic acids is 1. The first-order chi connectivity index (χ1) is 9.56. The van der Waals surface area contributed by atoms with Gasteiger partial charge in [0.1, 0.15) is 4.70 Å². The van der Waals surface area contributed by atoms with E-state index in [0.717, 1.165) is 18.2 Å². The normalized spacial score (nSPS) is 21.2. The van der Waals surface area contributed by atoms with Crippen molar-refractivity contribution in [1.82, 2.24) is 9.55 Å². The number of fused-ring (bicyclic) bond motifs is 1. The number of aromatic nitrogens is 2. The lowest BCUT2D eigenvalue weighted by Crippen LogP contribution is -2.24. The fourth-order valence-electron chi connectivity index (χ4n) is 2.21. The highest BCUT2D eigenvalue weighted by atomic mass is 32.2. The highest BCUT2D eigenvalue weighted by Crippen LogP contribution is 2.39. The molecule has 7 heteroatoms. The number of hydrogen-bond donors (Lipinski definition) is 1. The molecule has 0 radical (unpaired) electrons. The maximum absolute atomic E-state index is 12.5. The Morgan fingerprint density at radius 2 is 2.40 bits per heavy atom. The summed E-state index contributed by atoms with van der Waals surface area (Å²) in [7, 11) is 0. The molecule has 0 aliphatic heterocycles. The maximum Gasteiger partial charge on any atom is 0.313 e. The first-order valence-corrected chi connectivity index (χ1v) is 8.25. The molecule has 0 saturated heterocycles. The van der Waals surface area contributed by atoms with Crippen LogP contribution in [0.3, 0.4) is 0 Å². The van der Waals surface area contributed by atoms with Crippen LogP contribution in [0.15, 0.2) is 21.4 Å². The van der Waals surface area contributed by atoms with E-state index in [1.165, 1.54) is 11.3 Å². The molecule has 1 aliphatic carbocycles. The number of thiophene rings is 1. The van der Waals surface area contributed by atoms with Crippen molar-refractivity contribution < 1.29 is 9.90 Å². The lowest BCUT2D eigenvalue weighted by molar-refractivity contribution is -0.133. The van der Waals surface area contributed by atoms with Gasteiger partial charge in [-0.15, -0.1) is 11.3 Å². The zero-order valence-electron chi connectivity index (χ0n) is 10.9. The van der Waals surface area contributed by atoms with Crippen molar-refractivity contribution in [2.24, 2.45) is 11.8 Å². The first kappa shape index (κ1) is 13.6. The topological polar surface area (TPSA) is 72.2 Å². The Morgan fingerprint density at radius 1 is 1.65 bits per heavy atom. The van der Waals surface area contributed by atoms with E-state index in [9.17, 15) is 9.59 Å². The number of hydrogen-bond acceptors (Lipinski definition) is 5. The molecular formula is C13H14N2O3S2. The molecule has 2 heterocycles. The van der Waals surface area contributed by atoms with Gasteiger partial charge in [-0.2, -0.15) is 0 Å². The quantitative estimate of drug-likeness (QED) is 0.677. The molecule has 106 valence electrons. The van der Waals surface area contributed by atoms with Gasteiger partial charge in [0.2, 0.25) is 0 Å². The van der Waals surface area contributed by atoms with Crippen LogP contribution in [0, 0.1) is 11.8 Å². The van der Waals surface area contributed by atoms with Crippen LogP contribution in [0.5, 0.6) is 0 Å². The predicted molar refractivity (Wildman–Crippen MR) is 79.5 cm³/mol. The van der Waals surface area contributed by atoms with Gasteiger partial charge in [0.15, 0.2) is 5.16 Å². The van der Waals surface area contributed by atoms with Gasteiger partial charge in [0, 0.05) is 6.54 Å². The predicted octanol–water partition coefficient (Wildman–Crippen LogP) is 2.29. The van der Waals surface area contributed by atoms with E-state index in [4.69, 9.17) is 5.11 Å². The van der Waals surface area contributed by atoms with E-state index in [1.807, 2.05) is 5.38 Å². The van der Waals surface area contributed by atoms with Crippen molar-refractivity contribution in [2.45, 2.75) is 25.0 Å². The van der Waals surface area contributed by atoms with E-state index in [2.05, 4.69) is 11.9 Å². The Kier molecular flexibility index (Phi) is 3.55. The third kappa shape index (κ3) is 2.60. The molecule has 5 nitrogen and oxygen atoms in total. The lowest BCUT2D eigenvalue weighted by Gasteiger charge is -2.10. The van der Waals surface area contributed by atoms with Gasteiger partial charge in [0.25, 0.3) is 5.56 Å². The van der Waals surface area contributed by atoms with Crippen molar-refractivity contribution in [3.05, 3.63) is 21.8 Å². The molecule has 1 fully saturated rings. The summed E-state index contributed by atoms with van der Waals surface area (Å²) in [5.41, 5.74) is 0.616. The maximum atomic E-state index is 12.5. The molecule has 0 bridgehead atoms. The minimum Gasteiger partial charge on any atom is -0.481 e. The summed E-state index contributed by atoms with van der Waals surface area (Å²) in [6.45, 7) is 2.81. The average molecular weight is 310 g/mol. The zero-order chi connectivity index (χ0) is 14.3. The third-order valence-electron chi connectivity index (χ3n) is 3.55. The van der Waals surface area contributed by atoms with Crippen molar-refractivity contribution in [1.29, 1.82) is 0 Å². The molecule has 0 spiro atoms. The van der Waals surface area contributed by atoms with Crippen molar-refractivity contribution in [3.8, 4) is 0 Å². The first-order valence-electron chi connectivity index (χ1n) is 6.39. The number of thioether (sulfide) groups is 1.